The fourth-order valence-corrected chi connectivity index (χ4v) is 3.07. The number of hydrazone groups is 1. The van der Waals surface area contributed by atoms with Crippen LogP contribution < -0.4 is 16.5 Å². The van der Waals surface area contributed by atoms with Crippen molar-refractivity contribution in [2.45, 2.75) is 77.0 Å². The van der Waals surface area contributed by atoms with E-state index in [1.807, 2.05) is 5.43 Å². The molecule has 160 valence electrons. The van der Waals surface area contributed by atoms with Crippen LogP contribution in [0.25, 0.3) is 0 Å². The number of nitrogens with zero attached hydrogens (tertiary/aromatic N) is 3. The van der Waals surface area contributed by atoms with Gasteiger partial charge in [0.25, 0.3) is 0 Å². The van der Waals surface area contributed by atoms with Gasteiger partial charge in [-0.1, -0.05) is 0 Å². The van der Waals surface area contributed by atoms with Gasteiger partial charge >= 0.3 is 171 Å². The van der Waals surface area contributed by atoms with E-state index < -0.39 is 29.7 Å². The molecular weight excluding hydrogens is 375 g/mol. The third kappa shape index (κ3) is 11.1. The average Bonchev–Trinajstić information content (AvgIpc) is 3.09. The summed E-state index contributed by atoms with van der Waals surface area (Å²) in [7, 11) is 1.27. The Balaban J connectivity index is 2.84. The zero-order valence-corrected chi connectivity index (χ0v) is 17.4. The van der Waals surface area contributed by atoms with Gasteiger partial charge in [-0.25, -0.2) is 0 Å². The Morgan fingerprint density at radius 1 is 1.31 bits per heavy atom. The van der Waals surface area contributed by atoms with E-state index in [2.05, 4.69) is 27.0 Å². The van der Waals surface area contributed by atoms with E-state index in [0.717, 1.165) is 25.7 Å². The number of nitrogens with two attached hydrogens (primary N) is 1. The first kappa shape index (κ1) is 24.5. The van der Waals surface area contributed by atoms with Crippen molar-refractivity contribution in [3.05, 3.63) is 0 Å². The monoisotopic (exact) mass is 406 g/mol. The molecule has 0 aromatic carbocycles. The van der Waals surface area contributed by atoms with Gasteiger partial charge in [0, 0.05) is 0 Å². The average molecular weight is 406 g/mol. The molecule has 0 saturated heterocycles. The number of urea groups is 1. The zero-order valence-electron chi connectivity index (χ0n) is 17.4. The topological polar surface area (TPSA) is 148 Å². The summed E-state index contributed by atoms with van der Waals surface area (Å²) in [5.41, 5.74) is 6.35. The van der Waals surface area contributed by atoms with Crippen LogP contribution >= 0.6 is 0 Å². The van der Waals surface area contributed by atoms with Crippen molar-refractivity contribution in [3.63, 3.8) is 0 Å². The van der Waals surface area contributed by atoms with Gasteiger partial charge in [-0.2, -0.15) is 0 Å². The van der Waals surface area contributed by atoms with E-state index in [4.69, 9.17) is 10.5 Å². The van der Waals surface area contributed by atoms with Gasteiger partial charge in [-0.15, -0.1) is 0 Å². The fraction of sp³-hybridized carbons (Fsp3) is 0.722. The molecule has 1 aliphatic rings. The molecule has 1 saturated carbocycles. The molecule has 0 heterocycles. The quantitative estimate of drug-likeness (QED) is 0.165. The van der Waals surface area contributed by atoms with Gasteiger partial charge in [0.1, 0.15) is 0 Å². The van der Waals surface area contributed by atoms with Crippen molar-refractivity contribution < 1.29 is 19.1 Å². The molecule has 10 nitrogen and oxygen atoms in total. The van der Waals surface area contributed by atoms with Gasteiger partial charge in [-0.05, 0) is 0 Å². The van der Waals surface area contributed by atoms with Crippen LogP contribution in [0.2, 0.25) is 0 Å². The second kappa shape index (κ2) is 12.1. The molecule has 0 aromatic rings. The molecule has 1 fully saturated rings. The molecule has 0 unspecified atom stereocenters. The van der Waals surface area contributed by atoms with E-state index >= 15 is 0 Å². The number of ether oxygens (including phenoxy) is 1. The Kier molecular flexibility index (Phi) is 10.2. The van der Waals surface area contributed by atoms with Gasteiger partial charge in [0.15, 0.2) is 0 Å². The first-order valence-corrected chi connectivity index (χ1v) is 9.72. The summed E-state index contributed by atoms with van der Waals surface area (Å²) >= 11 is 0. The normalized spacial score (nSPS) is 17.1. The Hall–Kier alpha value is -2.59. The maximum absolute atomic E-state index is 12.8. The van der Waals surface area contributed by atoms with Gasteiger partial charge in [0.2, 0.25) is 0 Å². The second-order valence-electron chi connectivity index (χ2n) is 7.98. The molecule has 0 aromatic heterocycles. The number of rotatable bonds is 10. The van der Waals surface area contributed by atoms with Crippen LogP contribution in [-0.2, 0) is 14.3 Å². The zero-order chi connectivity index (χ0) is 21.9. The standard InChI is InChI=1S/C18H31BN6O4/c1-18(2,3)29-15(26)10-13(11-21-24-17(20)28)22-16(27)14(23-25-19-4)9-12-7-5-6-8-12/h11-14H,4-10H2,1-3H3,(H,22,27)(H3,20,24,28)/b21-11+,25-23?/t13-,14-/m0/s1. The Morgan fingerprint density at radius 2 is 1.97 bits per heavy atom. The van der Waals surface area contributed by atoms with Gasteiger partial charge in [0.05, 0.1) is 0 Å². The van der Waals surface area contributed by atoms with Crippen LogP contribution in [0.1, 0.15) is 59.3 Å². The van der Waals surface area contributed by atoms with Gasteiger partial charge in [-0.3, -0.25) is 0 Å². The molecule has 3 amide bonds. The van der Waals surface area contributed by atoms with Crippen LogP contribution in [-0.4, -0.2) is 55.3 Å². The SMILES string of the molecule is C=BN=N[C@@H](CC1CCCC1)C(=O)N[C@H](/C=N/NC(N)=O)CC(=O)OC(C)(C)C. The van der Waals surface area contributed by atoms with Crippen molar-refractivity contribution in [2.75, 3.05) is 0 Å². The minimum atomic E-state index is -0.859. The molecule has 0 aliphatic heterocycles. The number of carbonyl (C=O) groups excluding carboxylic acids is 3. The van der Waals surface area contributed by atoms with Crippen LogP contribution in [0.15, 0.2) is 15.2 Å². The second-order valence-corrected chi connectivity index (χ2v) is 7.98. The summed E-state index contributed by atoms with van der Waals surface area (Å²) < 4.78 is 5.29. The van der Waals surface area contributed by atoms with Crippen molar-refractivity contribution in [2.24, 2.45) is 26.9 Å². The number of hydrogen-bond acceptors (Lipinski definition) is 7. The Bertz CT molecular complexity index is 641. The summed E-state index contributed by atoms with van der Waals surface area (Å²) in [6.07, 6.45) is 6.02. The third-order valence-electron chi connectivity index (χ3n) is 4.19. The fourth-order valence-electron chi connectivity index (χ4n) is 3.07. The van der Waals surface area contributed by atoms with Crippen LogP contribution in [0, 0.1) is 5.92 Å². The predicted octanol–water partition coefficient (Wildman–Crippen LogP) is 1.31. The Labute approximate surface area is 172 Å². The van der Waals surface area contributed by atoms with Crippen molar-refractivity contribution in [1.29, 1.82) is 0 Å². The van der Waals surface area contributed by atoms with E-state index in [1.54, 1.807) is 20.8 Å². The number of nitrogens with one attached hydrogen (secondary N) is 2. The molecule has 2 atom stereocenters. The number of amides is 3. The summed E-state index contributed by atoms with van der Waals surface area (Å²) in [6.45, 7) is 8.72. The van der Waals surface area contributed by atoms with Gasteiger partial charge < -0.3 is 0 Å². The molecule has 29 heavy (non-hydrogen) atoms. The molecule has 0 bridgehead atoms. The number of esters is 1. The summed E-state index contributed by atoms with van der Waals surface area (Å²) in [5.74, 6) is -0.501. The predicted molar refractivity (Wildman–Crippen MR) is 112 cm³/mol. The van der Waals surface area contributed by atoms with Crippen molar-refractivity contribution >= 4 is 37.6 Å². The first-order valence-electron chi connectivity index (χ1n) is 9.72. The van der Waals surface area contributed by atoms with Crippen LogP contribution in [0.4, 0.5) is 4.79 Å². The summed E-state index contributed by atoms with van der Waals surface area (Å²) in [4.78, 5) is 35.8. The molecule has 1 rings (SSSR count). The number of carbonyl (C=O) groups is 3. The van der Waals surface area contributed by atoms with Crippen LogP contribution in [0.5, 0.6) is 0 Å². The molecule has 1 aliphatic carbocycles. The first-order chi connectivity index (χ1) is 13.6. The summed E-state index contributed by atoms with van der Waals surface area (Å²) in [5, 5.41) is 14.2. The number of primary amides is 1. The maximum atomic E-state index is 12.8. The third-order valence-corrected chi connectivity index (χ3v) is 4.19. The molecule has 4 N–H and O–H groups in total. The van der Waals surface area contributed by atoms with Crippen molar-refractivity contribution in [1.82, 2.24) is 10.7 Å². The van der Waals surface area contributed by atoms with E-state index in [9.17, 15) is 14.4 Å². The summed E-state index contributed by atoms with van der Waals surface area (Å²) in [6, 6.07) is -2.37. The van der Waals surface area contributed by atoms with E-state index in [1.165, 1.54) is 13.3 Å². The van der Waals surface area contributed by atoms with E-state index in [-0.39, 0.29) is 12.3 Å². The minimum absolute atomic E-state index is 0.165. The van der Waals surface area contributed by atoms with E-state index in [0.29, 0.717) is 12.3 Å². The Morgan fingerprint density at radius 3 is 2.52 bits per heavy atom. The van der Waals surface area contributed by atoms with Crippen LogP contribution in [0.3, 0.4) is 0 Å². The molecular formula is C18H31BN6O4. The molecule has 0 spiro atoms. The molecule has 11 heteroatoms. The molecule has 0 radical (unpaired) electrons. The van der Waals surface area contributed by atoms with Crippen molar-refractivity contribution in [3.8, 4) is 0 Å². The number of hydrogen-bond donors (Lipinski definition) is 3.